The molecule has 0 saturated carbocycles. The van der Waals surface area contributed by atoms with Crippen molar-refractivity contribution < 1.29 is 9.84 Å². The minimum atomic E-state index is 0.326. The standard InChI is InChI=1S/C11H22O2/c1-10(2)9-11(3-6-12)4-7-13-8-5-11/h10,12H,3-9H2,1-2H3. The molecule has 0 atom stereocenters. The highest BCUT2D eigenvalue weighted by Gasteiger charge is 2.32. The van der Waals surface area contributed by atoms with Crippen LogP contribution in [-0.4, -0.2) is 24.9 Å². The van der Waals surface area contributed by atoms with Crippen molar-refractivity contribution in [1.82, 2.24) is 0 Å². The summed E-state index contributed by atoms with van der Waals surface area (Å²) in [6.07, 6.45) is 4.45. The number of hydrogen-bond donors (Lipinski definition) is 1. The molecule has 2 heteroatoms. The number of aliphatic hydroxyl groups is 1. The van der Waals surface area contributed by atoms with Crippen LogP contribution in [0.4, 0.5) is 0 Å². The van der Waals surface area contributed by atoms with Gasteiger partial charge in [-0.25, -0.2) is 0 Å². The van der Waals surface area contributed by atoms with Gasteiger partial charge in [0.25, 0.3) is 0 Å². The smallest absolute Gasteiger partial charge is 0.0471 e. The molecule has 13 heavy (non-hydrogen) atoms. The third-order valence-electron chi connectivity index (χ3n) is 3.04. The van der Waals surface area contributed by atoms with Crippen LogP contribution in [0.25, 0.3) is 0 Å². The van der Waals surface area contributed by atoms with Crippen molar-refractivity contribution in [3.05, 3.63) is 0 Å². The van der Waals surface area contributed by atoms with E-state index in [1.54, 1.807) is 0 Å². The molecule has 0 bridgehead atoms. The Labute approximate surface area is 81.3 Å². The Morgan fingerprint density at radius 1 is 1.31 bits per heavy atom. The minimum absolute atomic E-state index is 0.326. The molecule has 0 amide bonds. The molecule has 0 aromatic heterocycles. The van der Waals surface area contributed by atoms with E-state index in [0.29, 0.717) is 12.0 Å². The Bertz CT molecular complexity index is 132. The number of hydrogen-bond acceptors (Lipinski definition) is 2. The van der Waals surface area contributed by atoms with E-state index in [0.717, 1.165) is 38.4 Å². The van der Waals surface area contributed by atoms with Crippen LogP contribution < -0.4 is 0 Å². The number of ether oxygens (including phenoxy) is 1. The van der Waals surface area contributed by atoms with Gasteiger partial charge < -0.3 is 9.84 Å². The first kappa shape index (κ1) is 11.0. The van der Waals surface area contributed by atoms with Crippen molar-refractivity contribution in [2.45, 2.75) is 39.5 Å². The van der Waals surface area contributed by atoms with Crippen LogP contribution in [0.2, 0.25) is 0 Å². The van der Waals surface area contributed by atoms with E-state index >= 15 is 0 Å². The largest absolute Gasteiger partial charge is 0.396 e. The van der Waals surface area contributed by atoms with Crippen LogP contribution in [0.5, 0.6) is 0 Å². The number of aliphatic hydroxyl groups excluding tert-OH is 1. The second-order valence-electron chi connectivity index (χ2n) is 4.68. The molecule has 0 aromatic carbocycles. The van der Waals surface area contributed by atoms with Gasteiger partial charge in [0.2, 0.25) is 0 Å². The summed E-state index contributed by atoms with van der Waals surface area (Å²) in [5.41, 5.74) is 0.376. The molecule has 1 saturated heterocycles. The SMILES string of the molecule is CC(C)CC1(CCO)CCOCC1. The van der Waals surface area contributed by atoms with Crippen molar-refractivity contribution in [1.29, 1.82) is 0 Å². The van der Waals surface area contributed by atoms with Gasteiger partial charge in [-0.05, 0) is 37.0 Å². The summed E-state index contributed by atoms with van der Waals surface area (Å²) in [5, 5.41) is 9.06. The van der Waals surface area contributed by atoms with E-state index in [1.165, 1.54) is 6.42 Å². The van der Waals surface area contributed by atoms with Crippen LogP contribution >= 0.6 is 0 Å². The summed E-state index contributed by atoms with van der Waals surface area (Å²) >= 11 is 0. The fourth-order valence-electron chi connectivity index (χ4n) is 2.46. The van der Waals surface area contributed by atoms with E-state index in [4.69, 9.17) is 9.84 Å². The maximum atomic E-state index is 9.06. The van der Waals surface area contributed by atoms with Gasteiger partial charge in [0.05, 0.1) is 0 Å². The Kier molecular flexibility index (Phi) is 4.20. The highest BCUT2D eigenvalue weighted by molar-refractivity contribution is 4.82. The molecule has 0 radical (unpaired) electrons. The lowest BCUT2D eigenvalue weighted by Crippen LogP contribution is -2.32. The molecule has 0 unspecified atom stereocenters. The molecule has 1 aliphatic rings. The monoisotopic (exact) mass is 186 g/mol. The van der Waals surface area contributed by atoms with Crippen molar-refractivity contribution in [2.24, 2.45) is 11.3 Å². The van der Waals surface area contributed by atoms with Gasteiger partial charge in [0.1, 0.15) is 0 Å². The molecule has 0 aromatic rings. The van der Waals surface area contributed by atoms with Gasteiger partial charge >= 0.3 is 0 Å². The molecule has 0 aliphatic carbocycles. The minimum Gasteiger partial charge on any atom is -0.396 e. The highest BCUT2D eigenvalue weighted by atomic mass is 16.5. The van der Waals surface area contributed by atoms with Gasteiger partial charge in [0.15, 0.2) is 0 Å². The zero-order chi connectivity index (χ0) is 9.73. The van der Waals surface area contributed by atoms with Crippen molar-refractivity contribution >= 4 is 0 Å². The predicted octanol–water partition coefficient (Wildman–Crippen LogP) is 2.21. The lowest BCUT2D eigenvalue weighted by atomic mass is 9.72. The Morgan fingerprint density at radius 3 is 2.38 bits per heavy atom. The zero-order valence-corrected chi connectivity index (χ0v) is 8.88. The van der Waals surface area contributed by atoms with Gasteiger partial charge in [-0.3, -0.25) is 0 Å². The van der Waals surface area contributed by atoms with Crippen LogP contribution in [0, 0.1) is 11.3 Å². The summed E-state index contributed by atoms with van der Waals surface area (Å²) in [7, 11) is 0. The third kappa shape index (κ3) is 3.28. The summed E-state index contributed by atoms with van der Waals surface area (Å²) in [6, 6.07) is 0. The molecule has 1 fully saturated rings. The highest BCUT2D eigenvalue weighted by Crippen LogP contribution is 2.39. The molecular formula is C11H22O2. The quantitative estimate of drug-likeness (QED) is 0.729. The molecule has 1 N–H and O–H groups in total. The van der Waals surface area contributed by atoms with Gasteiger partial charge in [-0.2, -0.15) is 0 Å². The Morgan fingerprint density at radius 2 is 1.92 bits per heavy atom. The lowest BCUT2D eigenvalue weighted by Gasteiger charge is -2.38. The van der Waals surface area contributed by atoms with Crippen LogP contribution in [-0.2, 0) is 4.74 Å². The van der Waals surface area contributed by atoms with Crippen LogP contribution in [0.3, 0.4) is 0 Å². The van der Waals surface area contributed by atoms with Crippen molar-refractivity contribution in [3.8, 4) is 0 Å². The summed E-state index contributed by atoms with van der Waals surface area (Å²) in [6.45, 7) is 6.61. The number of rotatable bonds is 4. The maximum Gasteiger partial charge on any atom is 0.0471 e. The summed E-state index contributed by atoms with van der Waals surface area (Å²) in [4.78, 5) is 0. The topological polar surface area (TPSA) is 29.5 Å². The maximum absolute atomic E-state index is 9.06. The van der Waals surface area contributed by atoms with Gasteiger partial charge in [-0.15, -0.1) is 0 Å². The molecule has 1 aliphatic heterocycles. The Hall–Kier alpha value is -0.0800. The van der Waals surface area contributed by atoms with E-state index in [9.17, 15) is 0 Å². The molecule has 78 valence electrons. The second kappa shape index (κ2) is 4.97. The zero-order valence-electron chi connectivity index (χ0n) is 8.88. The first-order valence-corrected chi connectivity index (χ1v) is 5.37. The molecule has 2 nitrogen and oxygen atoms in total. The Balaban J connectivity index is 2.50. The van der Waals surface area contributed by atoms with E-state index in [2.05, 4.69) is 13.8 Å². The fourth-order valence-corrected chi connectivity index (χ4v) is 2.46. The van der Waals surface area contributed by atoms with Crippen LogP contribution in [0.1, 0.15) is 39.5 Å². The molecule has 0 spiro atoms. The van der Waals surface area contributed by atoms with Crippen molar-refractivity contribution in [2.75, 3.05) is 19.8 Å². The average molecular weight is 186 g/mol. The molecule has 1 heterocycles. The fraction of sp³-hybridized carbons (Fsp3) is 1.00. The third-order valence-corrected chi connectivity index (χ3v) is 3.04. The lowest BCUT2D eigenvalue weighted by molar-refractivity contribution is -0.00853. The van der Waals surface area contributed by atoms with E-state index in [1.807, 2.05) is 0 Å². The van der Waals surface area contributed by atoms with Crippen LogP contribution in [0.15, 0.2) is 0 Å². The summed E-state index contributed by atoms with van der Waals surface area (Å²) < 4.78 is 5.37. The predicted molar refractivity (Wildman–Crippen MR) is 53.6 cm³/mol. The first-order valence-electron chi connectivity index (χ1n) is 5.37. The molecular weight excluding hydrogens is 164 g/mol. The first-order chi connectivity index (χ1) is 6.18. The average Bonchev–Trinajstić information content (AvgIpc) is 2.04. The van der Waals surface area contributed by atoms with E-state index < -0.39 is 0 Å². The second-order valence-corrected chi connectivity index (χ2v) is 4.68. The van der Waals surface area contributed by atoms with Gasteiger partial charge in [0, 0.05) is 19.8 Å². The van der Waals surface area contributed by atoms with Gasteiger partial charge in [-0.1, -0.05) is 13.8 Å². The molecule has 1 rings (SSSR count). The summed E-state index contributed by atoms with van der Waals surface area (Å²) in [5.74, 6) is 0.727. The van der Waals surface area contributed by atoms with E-state index in [-0.39, 0.29) is 0 Å². The normalized spacial score (nSPS) is 22.2. The van der Waals surface area contributed by atoms with Crippen molar-refractivity contribution in [3.63, 3.8) is 0 Å².